The molecular formula is C13H25N5OS. The van der Waals surface area contributed by atoms with Crippen LogP contribution in [0.1, 0.15) is 29.9 Å². The maximum atomic E-state index is 12.1. The number of carbonyl (C=O) groups is 1. The summed E-state index contributed by atoms with van der Waals surface area (Å²) in [5.74, 6) is 0.194. The Labute approximate surface area is 125 Å². The van der Waals surface area contributed by atoms with Crippen molar-refractivity contribution in [3.05, 3.63) is 4.88 Å². The Morgan fingerprint density at radius 2 is 2.00 bits per heavy atom. The third-order valence-electron chi connectivity index (χ3n) is 2.95. The average Bonchev–Trinajstić information content (AvgIpc) is 2.78. The molecule has 1 rings (SSSR count). The lowest BCUT2D eigenvalue weighted by atomic mass is 10.4. The molecule has 0 bridgehead atoms. The number of aromatic nitrogens is 1. The third-order valence-corrected chi connectivity index (χ3v) is 4.08. The molecule has 0 saturated heterocycles. The highest BCUT2D eigenvalue weighted by molar-refractivity contribution is 7.18. The molecule has 3 N–H and O–H groups in total. The fraction of sp³-hybridized carbons (Fsp3) is 0.692. The summed E-state index contributed by atoms with van der Waals surface area (Å²) in [6, 6.07) is 0. The van der Waals surface area contributed by atoms with Gasteiger partial charge in [-0.1, -0.05) is 11.3 Å². The fourth-order valence-electron chi connectivity index (χ4n) is 1.79. The molecule has 6 nitrogen and oxygen atoms in total. The lowest BCUT2D eigenvalue weighted by Gasteiger charge is -2.16. The molecule has 0 atom stereocenters. The second-order valence-corrected chi connectivity index (χ2v) is 5.77. The van der Waals surface area contributed by atoms with Gasteiger partial charge in [0.25, 0.3) is 5.91 Å². The number of nitrogen functional groups attached to an aromatic ring is 1. The smallest absolute Gasteiger partial charge is 0.265 e. The van der Waals surface area contributed by atoms with Gasteiger partial charge in [0.05, 0.1) is 0 Å². The maximum absolute atomic E-state index is 12.1. The summed E-state index contributed by atoms with van der Waals surface area (Å²) in [4.78, 5) is 21.0. The second kappa shape index (κ2) is 8.06. The first kappa shape index (κ1) is 16.7. The lowest BCUT2D eigenvalue weighted by molar-refractivity contribution is 0.0957. The van der Waals surface area contributed by atoms with E-state index in [0.717, 1.165) is 31.2 Å². The van der Waals surface area contributed by atoms with Crippen LogP contribution in [0.25, 0.3) is 0 Å². The lowest BCUT2D eigenvalue weighted by Crippen LogP contribution is -2.27. The Kier molecular flexibility index (Phi) is 6.74. The summed E-state index contributed by atoms with van der Waals surface area (Å²) >= 11 is 1.36. The molecule has 0 aliphatic rings. The minimum Gasteiger partial charge on any atom is -0.382 e. The summed E-state index contributed by atoms with van der Waals surface area (Å²) < 4.78 is 0. The van der Waals surface area contributed by atoms with E-state index in [2.05, 4.69) is 33.9 Å². The van der Waals surface area contributed by atoms with E-state index in [-0.39, 0.29) is 5.91 Å². The average molecular weight is 299 g/mol. The molecule has 0 aliphatic carbocycles. The third kappa shape index (κ3) is 4.64. The van der Waals surface area contributed by atoms with Crippen molar-refractivity contribution in [1.29, 1.82) is 0 Å². The summed E-state index contributed by atoms with van der Waals surface area (Å²) in [6.07, 6.45) is 0.917. The van der Waals surface area contributed by atoms with Crippen LogP contribution in [0.3, 0.4) is 0 Å². The van der Waals surface area contributed by atoms with Crippen LogP contribution in [0.15, 0.2) is 0 Å². The van der Waals surface area contributed by atoms with Crippen LogP contribution < -0.4 is 16.0 Å². The minimum atomic E-state index is -0.128. The summed E-state index contributed by atoms with van der Waals surface area (Å²) in [6.45, 7) is 7.42. The molecule has 1 aromatic rings. The van der Waals surface area contributed by atoms with Gasteiger partial charge >= 0.3 is 0 Å². The van der Waals surface area contributed by atoms with Gasteiger partial charge in [0.15, 0.2) is 5.13 Å². The second-order valence-electron chi connectivity index (χ2n) is 4.80. The molecule has 0 saturated carbocycles. The first-order chi connectivity index (χ1) is 9.49. The van der Waals surface area contributed by atoms with E-state index < -0.39 is 0 Å². The summed E-state index contributed by atoms with van der Waals surface area (Å²) in [7, 11) is 4.03. The number of thiazole rings is 1. The van der Waals surface area contributed by atoms with Crippen molar-refractivity contribution in [2.45, 2.75) is 20.3 Å². The number of anilines is 2. The maximum Gasteiger partial charge on any atom is 0.265 e. The van der Waals surface area contributed by atoms with Gasteiger partial charge in [-0.3, -0.25) is 4.79 Å². The molecule has 1 amide bonds. The van der Waals surface area contributed by atoms with Crippen molar-refractivity contribution in [2.24, 2.45) is 0 Å². The molecule has 0 fully saturated rings. The van der Waals surface area contributed by atoms with Crippen molar-refractivity contribution in [3.63, 3.8) is 0 Å². The van der Waals surface area contributed by atoms with Crippen LogP contribution >= 0.6 is 11.3 Å². The van der Waals surface area contributed by atoms with E-state index in [1.165, 1.54) is 11.3 Å². The first-order valence-corrected chi connectivity index (χ1v) is 7.75. The highest BCUT2D eigenvalue weighted by Gasteiger charge is 2.18. The molecule has 0 radical (unpaired) electrons. The quantitative estimate of drug-likeness (QED) is 0.707. The first-order valence-electron chi connectivity index (χ1n) is 6.93. The van der Waals surface area contributed by atoms with Crippen molar-refractivity contribution in [2.75, 3.05) is 50.9 Å². The highest BCUT2D eigenvalue weighted by Crippen LogP contribution is 2.27. The van der Waals surface area contributed by atoms with Gasteiger partial charge < -0.3 is 20.9 Å². The van der Waals surface area contributed by atoms with E-state index >= 15 is 0 Å². The van der Waals surface area contributed by atoms with Crippen LogP contribution in [0.5, 0.6) is 0 Å². The molecule has 0 unspecified atom stereocenters. The zero-order valence-electron chi connectivity index (χ0n) is 12.8. The van der Waals surface area contributed by atoms with Crippen LogP contribution in [0, 0.1) is 0 Å². The van der Waals surface area contributed by atoms with Crippen molar-refractivity contribution >= 4 is 28.2 Å². The Morgan fingerprint density at radius 1 is 1.35 bits per heavy atom. The monoisotopic (exact) mass is 299 g/mol. The zero-order valence-corrected chi connectivity index (χ0v) is 13.6. The van der Waals surface area contributed by atoms with Crippen molar-refractivity contribution in [3.8, 4) is 0 Å². The Hall–Kier alpha value is -1.34. The normalized spacial score (nSPS) is 10.8. The highest BCUT2D eigenvalue weighted by atomic mass is 32.1. The van der Waals surface area contributed by atoms with Crippen LogP contribution in [0.2, 0.25) is 0 Å². The topological polar surface area (TPSA) is 74.5 Å². The molecule has 0 aliphatic heterocycles. The van der Waals surface area contributed by atoms with Gasteiger partial charge in [0, 0.05) is 19.6 Å². The number of amides is 1. The van der Waals surface area contributed by atoms with Gasteiger partial charge in [0.2, 0.25) is 0 Å². The van der Waals surface area contributed by atoms with Gasteiger partial charge in [-0.15, -0.1) is 0 Å². The van der Waals surface area contributed by atoms with E-state index in [0.29, 0.717) is 17.2 Å². The molecular weight excluding hydrogens is 274 g/mol. The number of carbonyl (C=O) groups excluding carboxylic acids is 1. The number of nitrogens with two attached hydrogens (primary N) is 1. The zero-order chi connectivity index (χ0) is 15.1. The number of nitrogens with one attached hydrogen (secondary N) is 1. The van der Waals surface area contributed by atoms with Gasteiger partial charge in [0.1, 0.15) is 10.7 Å². The number of rotatable bonds is 8. The summed E-state index contributed by atoms with van der Waals surface area (Å²) in [5, 5.41) is 3.70. The minimum absolute atomic E-state index is 0.128. The van der Waals surface area contributed by atoms with Crippen LogP contribution in [-0.2, 0) is 0 Å². The molecule has 7 heteroatoms. The predicted molar refractivity (Wildman–Crippen MR) is 85.6 cm³/mol. The number of hydrogen-bond acceptors (Lipinski definition) is 6. The Balaban J connectivity index is 2.60. The Morgan fingerprint density at radius 3 is 2.55 bits per heavy atom. The van der Waals surface area contributed by atoms with Gasteiger partial charge in [-0.2, -0.15) is 0 Å². The largest absolute Gasteiger partial charge is 0.382 e. The number of hydrogen-bond donors (Lipinski definition) is 2. The van der Waals surface area contributed by atoms with Crippen LogP contribution in [0.4, 0.5) is 10.9 Å². The number of nitrogens with zero attached hydrogens (tertiary/aromatic N) is 3. The van der Waals surface area contributed by atoms with E-state index in [1.807, 2.05) is 14.1 Å². The molecule has 0 spiro atoms. The predicted octanol–water partition coefficient (Wildman–Crippen LogP) is 1.25. The van der Waals surface area contributed by atoms with Crippen molar-refractivity contribution in [1.82, 2.24) is 15.2 Å². The van der Waals surface area contributed by atoms with Crippen molar-refractivity contribution < 1.29 is 4.79 Å². The summed E-state index contributed by atoms with van der Waals surface area (Å²) in [5.41, 5.74) is 5.85. The fourth-order valence-corrected chi connectivity index (χ4v) is 2.82. The van der Waals surface area contributed by atoms with Gasteiger partial charge in [-0.25, -0.2) is 4.98 Å². The van der Waals surface area contributed by atoms with Gasteiger partial charge in [-0.05, 0) is 40.9 Å². The standard InChI is InChI=1S/C13H25N5OS/c1-5-18(6-2)13-16-11(14)10(20-13)12(19)15-8-7-9-17(3)4/h5-9,14H2,1-4H3,(H,15,19). The molecule has 20 heavy (non-hydrogen) atoms. The van der Waals surface area contributed by atoms with E-state index in [4.69, 9.17) is 5.73 Å². The molecule has 114 valence electrons. The van der Waals surface area contributed by atoms with E-state index in [9.17, 15) is 4.79 Å². The van der Waals surface area contributed by atoms with E-state index in [1.54, 1.807) is 0 Å². The van der Waals surface area contributed by atoms with Crippen LogP contribution in [-0.4, -0.2) is 56.1 Å². The SMILES string of the molecule is CCN(CC)c1nc(N)c(C(=O)NCCCN(C)C)s1. The Bertz CT molecular complexity index is 428. The molecule has 1 aromatic heterocycles. The molecule has 1 heterocycles. The molecule has 0 aromatic carbocycles.